The van der Waals surface area contributed by atoms with Crippen LogP contribution in [0.4, 0.5) is 17.5 Å². The molecule has 94 valence electrons. The molecule has 5 heteroatoms. The summed E-state index contributed by atoms with van der Waals surface area (Å²) >= 11 is 3.49. The second-order valence-corrected chi connectivity index (χ2v) is 4.92. The number of anilines is 3. The predicted molar refractivity (Wildman–Crippen MR) is 78.5 cm³/mol. The zero-order valence-electron chi connectivity index (χ0n) is 10.6. The molecular weight excluding hydrogens is 292 g/mol. The summed E-state index contributed by atoms with van der Waals surface area (Å²) in [6, 6.07) is 6.11. The number of hydrogen-bond acceptors (Lipinski definition) is 4. The maximum Gasteiger partial charge on any atom is 0.224 e. The largest absolute Gasteiger partial charge is 0.357 e. The molecule has 1 aromatic heterocycles. The van der Waals surface area contributed by atoms with Crippen molar-refractivity contribution in [2.45, 2.75) is 13.8 Å². The summed E-state index contributed by atoms with van der Waals surface area (Å²) in [5.41, 5.74) is 3.20. The lowest BCUT2D eigenvalue weighted by molar-refractivity contribution is 1.12. The Labute approximate surface area is 115 Å². The zero-order chi connectivity index (χ0) is 13.1. The first-order valence-corrected chi connectivity index (χ1v) is 6.44. The lowest BCUT2D eigenvalue weighted by atomic mass is 10.2. The van der Waals surface area contributed by atoms with Crippen LogP contribution in [0.1, 0.15) is 11.1 Å². The van der Waals surface area contributed by atoms with E-state index in [0.717, 1.165) is 21.5 Å². The van der Waals surface area contributed by atoms with Gasteiger partial charge in [0.05, 0.1) is 0 Å². The second-order valence-electron chi connectivity index (χ2n) is 4.06. The first kappa shape index (κ1) is 12.8. The highest BCUT2D eigenvalue weighted by atomic mass is 79.9. The van der Waals surface area contributed by atoms with Gasteiger partial charge in [0.2, 0.25) is 5.95 Å². The van der Waals surface area contributed by atoms with Crippen molar-refractivity contribution in [3.8, 4) is 0 Å². The van der Waals surface area contributed by atoms with E-state index in [2.05, 4.69) is 49.5 Å². The Bertz CT molecular complexity index is 569. The smallest absolute Gasteiger partial charge is 0.224 e. The fourth-order valence-corrected chi connectivity index (χ4v) is 1.79. The van der Waals surface area contributed by atoms with Gasteiger partial charge in [-0.15, -0.1) is 0 Å². The Kier molecular flexibility index (Phi) is 3.81. The molecule has 1 aromatic carbocycles. The quantitative estimate of drug-likeness (QED) is 0.909. The Hall–Kier alpha value is -1.62. The summed E-state index contributed by atoms with van der Waals surface area (Å²) in [5, 5.41) is 6.23. The summed E-state index contributed by atoms with van der Waals surface area (Å²) < 4.78 is 1.10. The van der Waals surface area contributed by atoms with Crippen molar-refractivity contribution in [2.24, 2.45) is 0 Å². The highest BCUT2D eigenvalue weighted by Crippen LogP contribution is 2.23. The number of rotatable bonds is 3. The molecule has 0 fully saturated rings. The molecule has 1 heterocycles. The summed E-state index contributed by atoms with van der Waals surface area (Å²) in [4.78, 5) is 8.55. The van der Waals surface area contributed by atoms with Crippen LogP contribution in [0.3, 0.4) is 0 Å². The molecule has 0 atom stereocenters. The van der Waals surface area contributed by atoms with Gasteiger partial charge >= 0.3 is 0 Å². The van der Waals surface area contributed by atoms with Crippen molar-refractivity contribution in [1.29, 1.82) is 0 Å². The van der Waals surface area contributed by atoms with E-state index in [1.807, 2.05) is 19.1 Å². The van der Waals surface area contributed by atoms with Crippen molar-refractivity contribution in [3.63, 3.8) is 0 Å². The fourth-order valence-electron chi connectivity index (χ4n) is 1.55. The van der Waals surface area contributed by atoms with E-state index in [0.29, 0.717) is 5.95 Å². The normalized spacial score (nSPS) is 10.2. The molecule has 18 heavy (non-hydrogen) atoms. The second kappa shape index (κ2) is 5.35. The van der Waals surface area contributed by atoms with E-state index in [1.54, 1.807) is 13.2 Å². The average Bonchev–Trinajstić information content (AvgIpc) is 2.36. The van der Waals surface area contributed by atoms with Crippen LogP contribution in [0.25, 0.3) is 0 Å². The molecule has 0 saturated heterocycles. The number of nitrogens with zero attached hydrogens (tertiary/aromatic N) is 2. The van der Waals surface area contributed by atoms with E-state index < -0.39 is 0 Å². The Morgan fingerprint density at radius 1 is 1.17 bits per heavy atom. The lowest BCUT2D eigenvalue weighted by Gasteiger charge is -2.10. The standard InChI is InChI=1S/C13H15BrN4/c1-8-6-10(4-5-11(8)14)17-12-9(2)7-16-13(15-3)18-12/h4-7H,1-3H3,(H2,15,16,17,18). The molecule has 0 amide bonds. The number of hydrogen-bond donors (Lipinski definition) is 2. The van der Waals surface area contributed by atoms with Crippen molar-refractivity contribution >= 4 is 33.4 Å². The number of halogens is 1. The molecular formula is C13H15BrN4. The van der Waals surface area contributed by atoms with Crippen LogP contribution in [0.2, 0.25) is 0 Å². The highest BCUT2D eigenvalue weighted by Gasteiger charge is 2.04. The van der Waals surface area contributed by atoms with Crippen LogP contribution >= 0.6 is 15.9 Å². The van der Waals surface area contributed by atoms with Gasteiger partial charge in [0.1, 0.15) is 5.82 Å². The van der Waals surface area contributed by atoms with Crippen LogP contribution < -0.4 is 10.6 Å². The number of aryl methyl sites for hydroxylation is 2. The summed E-state index contributed by atoms with van der Waals surface area (Å²) in [7, 11) is 1.80. The van der Waals surface area contributed by atoms with Crippen LogP contribution in [0.15, 0.2) is 28.9 Å². The van der Waals surface area contributed by atoms with Gasteiger partial charge in [-0.25, -0.2) is 4.98 Å². The monoisotopic (exact) mass is 306 g/mol. The first-order valence-electron chi connectivity index (χ1n) is 5.64. The SMILES string of the molecule is CNc1ncc(C)c(Nc2ccc(Br)c(C)c2)n1. The van der Waals surface area contributed by atoms with Gasteiger partial charge in [0, 0.05) is 29.0 Å². The van der Waals surface area contributed by atoms with Gasteiger partial charge in [0.15, 0.2) is 0 Å². The van der Waals surface area contributed by atoms with E-state index in [-0.39, 0.29) is 0 Å². The number of nitrogens with one attached hydrogen (secondary N) is 2. The number of benzene rings is 1. The summed E-state index contributed by atoms with van der Waals surface area (Å²) in [5.74, 6) is 1.42. The van der Waals surface area contributed by atoms with Crippen molar-refractivity contribution in [1.82, 2.24) is 9.97 Å². The molecule has 0 radical (unpaired) electrons. The van der Waals surface area contributed by atoms with Crippen LogP contribution in [-0.2, 0) is 0 Å². The summed E-state index contributed by atoms with van der Waals surface area (Å²) in [6.07, 6.45) is 1.80. The Morgan fingerprint density at radius 2 is 1.94 bits per heavy atom. The van der Waals surface area contributed by atoms with Gasteiger partial charge in [-0.1, -0.05) is 15.9 Å². The molecule has 0 aliphatic carbocycles. The van der Waals surface area contributed by atoms with Crippen molar-refractivity contribution < 1.29 is 0 Å². The van der Waals surface area contributed by atoms with Gasteiger partial charge in [-0.3, -0.25) is 0 Å². The molecule has 0 aliphatic rings. The minimum absolute atomic E-state index is 0.608. The molecule has 2 N–H and O–H groups in total. The third-order valence-corrected chi connectivity index (χ3v) is 3.51. The maximum atomic E-state index is 4.39. The molecule has 4 nitrogen and oxygen atoms in total. The highest BCUT2D eigenvalue weighted by molar-refractivity contribution is 9.10. The van der Waals surface area contributed by atoms with E-state index >= 15 is 0 Å². The van der Waals surface area contributed by atoms with Crippen molar-refractivity contribution in [2.75, 3.05) is 17.7 Å². The van der Waals surface area contributed by atoms with Gasteiger partial charge in [-0.2, -0.15) is 4.98 Å². The van der Waals surface area contributed by atoms with Crippen molar-refractivity contribution in [3.05, 3.63) is 40.0 Å². The predicted octanol–water partition coefficient (Wildman–Crippen LogP) is 3.64. The fraction of sp³-hybridized carbons (Fsp3) is 0.231. The molecule has 0 aliphatic heterocycles. The molecule has 0 saturated carbocycles. The minimum atomic E-state index is 0.608. The number of aromatic nitrogens is 2. The van der Waals surface area contributed by atoms with E-state index in [9.17, 15) is 0 Å². The minimum Gasteiger partial charge on any atom is -0.357 e. The van der Waals surface area contributed by atoms with Crippen LogP contribution in [0.5, 0.6) is 0 Å². The third-order valence-electron chi connectivity index (χ3n) is 2.62. The third kappa shape index (κ3) is 2.79. The first-order chi connectivity index (χ1) is 8.60. The molecule has 2 aromatic rings. The zero-order valence-corrected chi connectivity index (χ0v) is 12.2. The molecule has 2 rings (SSSR count). The van der Waals surface area contributed by atoms with Gasteiger partial charge in [0.25, 0.3) is 0 Å². The lowest BCUT2D eigenvalue weighted by Crippen LogP contribution is -2.02. The average molecular weight is 307 g/mol. The topological polar surface area (TPSA) is 49.8 Å². The molecule has 0 bridgehead atoms. The van der Waals surface area contributed by atoms with Crippen LogP contribution in [0, 0.1) is 13.8 Å². The van der Waals surface area contributed by atoms with Gasteiger partial charge in [-0.05, 0) is 37.6 Å². The Balaban J connectivity index is 2.30. The molecule has 0 spiro atoms. The Morgan fingerprint density at radius 3 is 2.61 bits per heavy atom. The van der Waals surface area contributed by atoms with E-state index in [4.69, 9.17) is 0 Å². The van der Waals surface area contributed by atoms with Crippen LogP contribution in [-0.4, -0.2) is 17.0 Å². The molecule has 0 unspecified atom stereocenters. The maximum absolute atomic E-state index is 4.39. The van der Waals surface area contributed by atoms with E-state index in [1.165, 1.54) is 5.56 Å². The van der Waals surface area contributed by atoms with Gasteiger partial charge < -0.3 is 10.6 Å². The summed E-state index contributed by atoms with van der Waals surface area (Å²) in [6.45, 7) is 4.04.